The molecule has 0 N–H and O–H groups in total. The van der Waals surface area contributed by atoms with Gasteiger partial charge in [0.2, 0.25) is 0 Å². The summed E-state index contributed by atoms with van der Waals surface area (Å²) >= 11 is 0. The average molecular weight is 173 g/mol. The SMILES string of the molecule is CC1(c2ccn3nccc3n2)CC1. The zero-order valence-corrected chi connectivity index (χ0v) is 7.57. The Labute approximate surface area is 76.4 Å². The van der Waals surface area contributed by atoms with Crippen molar-refractivity contribution in [3.05, 3.63) is 30.2 Å². The van der Waals surface area contributed by atoms with Crippen molar-refractivity contribution in [2.24, 2.45) is 0 Å². The van der Waals surface area contributed by atoms with Crippen molar-refractivity contribution in [2.45, 2.75) is 25.2 Å². The van der Waals surface area contributed by atoms with Gasteiger partial charge in [0.25, 0.3) is 0 Å². The van der Waals surface area contributed by atoms with Crippen molar-refractivity contribution < 1.29 is 0 Å². The number of nitrogens with zero attached hydrogens (tertiary/aromatic N) is 3. The summed E-state index contributed by atoms with van der Waals surface area (Å²) in [6.45, 7) is 2.27. The van der Waals surface area contributed by atoms with Gasteiger partial charge in [-0.25, -0.2) is 9.50 Å². The fraction of sp³-hybridized carbons (Fsp3) is 0.400. The standard InChI is InChI=1S/C10H11N3/c1-10(4-5-10)8-3-7-13-9(12-8)2-6-11-13/h2-3,6-7H,4-5H2,1H3. The van der Waals surface area contributed by atoms with E-state index in [1.165, 1.54) is 18.5 Å². The minimum absolute atomic E-state index is 0.353. The van der Waals surface area contributed by atoms with Crippen LogP contribution in [0.5, 0.6) is 0 Å². The molecular weight excluding hydrogens is 162 g/mol. The molecule has 2 aromatic heterocycles. The predicted molar refractivity (Wildman–Crippen MR) is 49.6 cm³/mol. The zero-order chi connectivity index (χ0) is 8.89. The van der Waals surface area contributed by atoms with Crippen LogP contribution in [0.4, 0.5) is 0 Å². The maximum absolute atomic E-state index is 4.57. The Morgan fingerprint density at radius 1 is 1.38 bits per heavy atom. The fourth-order valence-electron chi connectivity index (χ4n) is 1.59. The van der Waals surface area contributed by atoms with Crippen molar-refractivity contribution >= 4 is 5.65 Å². The van der Waals surface area contributed by atoms with E-state index >= 15 is 0 Å². The molecule has 0 aromatic carbocycles. The van der Waals surface area contributed by atoms with Gasteiger partial charge in [-0.2, -0.15) is 5.10 Å². The Morgan fingerprint density at radius 2 is 2.23 bits per heavy atom. The summed E-state index contributed by atoms with van der Waals surface area (Å²) in [5.74, 6) is 0. The Balaban J connectivity index is 2.20. The molecule has 66 valence electrons. The Morgan fingerprint density at radius 3 is 3.00 bits per heavy atom. The van der Waals surface area contributed by atoms with Crippen molar-refractivity contribution in [3.63, 3.8) is 0 Å². The number of hydrogen-bond donors (Lipinski definition) is 0. The molecule has 1 saturated carbocycles. The quantitative estimate of drug-likeness (QED) is 0.658. The predicted octanol–water partition coefficient (Wildman–Crippen LogP) is 1.78. The van der Waals surface area contributed by atoms with Gasteiger partial charge in [0, 0.05) is 17.7 Å². The van der Waals surface area contributed by atoms with Gasteiger partial charge in [0.1, 0.15) is 0 Å². The van der Waals surface area contributed by atoms with E-state index in [0.717, 1.165) is 5.65 Å². The minimum atomic E-state index is 0.353. The van der Waals surface area contributed by atoms with Crippen molar-refractivity contribution in [3.8, 4) is 0 Å². The molecule has 0 amide bonds. The van der Waals surface area contributed by atoms with E-state index in [9.17, 15) is 0 Å². The van der Waals surface area contributed by atoms with E-state index in [0.29, 0.717) is 5.41 Å². The number of aromatic nitrogens is 3. The second-order valence-electron chi connectivity index (χ2n) is 4.01. The lowest BCUT2D eigenvalue weighted by molar-refractivity contribution is 0.743. The lowest BCUT2D eigenvalue weighted by Crippen LogP contribution is -2.04. The third-order valence-corrected chi connectivity index (χ3v) is 2.88. The molecule has 3 heteroatoms. The summed E-state index contributed by atoms with van der Waals surface area (Å²) < 4.78 is 1.80. The molecular formula is C10H11N3. The normalized spacial score (nSPS) is 19.2. The summed E-state index contributed by atoms with van der Waals surface area (Å²) in [6.07, 6.45) is 6.30. The summed E-state index contributed by atoms with van der Waals surface area (Å²) in [5, 5.41) is 4.12. The monoisotopic (exact) mass is 173 g/mol. The molecule has 13 heavy (non-hydrogen) atoms. The number of hydrogen-bond acceptors (Lipinski definition) is 2. The van der Waals surface area contributed by atoms with E-state index in [1.807, 2.05) is 12.3 Å². The Kier molecular flexibility index (Phi) is 1.14. The van der Waals surface area contributed by atoms with Gasteiger partial charge in [-0.05, 0) is 18.9 Å². The first-order chi connectivity index (χ1) is 6.28. The highest BCUT2D eigenvalue weighted by atomic mass is 15.2. The molecule has 1 aliphatic carbocycles. The Hall–Kier alpha value is -1.38. The lowest BCUT2D eigenvalue weighted by Gasteiger charge is -2.06. The van der Waals surface area contributed by atoms with Gasteiger partial charge in [-0.3, -0.25) is 0 Å². The van der Waals surface area contributed by atoms with Crippen LogP contribution in [0.15, 0.2) is 24.5 Å². The number of fused-ring (bicyclic) bond motifs is 1. The first kappa shape index (κ1) is 7.06. The number of rotatable bonds is 1. The maximum Gasteiger partial charge on any atom is 0.155 e. The molecule has 0 bridgehead atoms. The van der Waals surface area contributed by atoms with Crippen LogP contribution in [0.1, 0.15) is 25.5 Å². The molecule has 1 fully saturated rings. The molecule has 0 unspecified atom stereocenters. The lowest BCUT2D eigenvalue weighted by atomic mass is 10.1. The van der Waals surface area contributed by atoms with E-state index < -0.39 is 0 Å². The second-order valence-corrected chi connectivity index (χ2v) is 4.01. The molecule has 3 nitrogen and oxygen atoms in total. The molecule has 0 atom stereocenters. The maximum atomic E-state index is 4.57. The van der Waals surface area contributed by atoms with Crippen LogP contribution in [0.25, 0.3) is 5.65 Å². The molecule has 3 rings (SSSR count). The van der Waals surface area contributed by atoms with E-state index in [4.69, 9.17) is 0 Å². The third-order valence-electron chi connectivity index (χ3n) is 2.88. The highest BCUT2D eigenvalue weighted by Crippen LogP contribution is 2.46. The van der Waals surface area contributed by atoms with Crippen LogP contribution in [0.2, 0.25) is 0 Å². The van der Waals surface area contributed by atoms with Crippen LogP contribution in [0, 0.1) is 0 Å². The molecule has 2 aromatic rings. The molecule has 0 aliphatic heterocycles. The van der Waals surface area contributed by atoms with Gasteiger partial charge in [0.05, 0.1) is 11.9 Å². The molecule has 1 aliphatic rings. The van der Waals surface area contributed by atoms with Crippen LogP contribution in [-0.4, -0.2) is 14.6 Å². The Bertz CT molecular complexity index is 454. The largest absolute Gasteiger partial charge is 0.233 e. The average Bonchev–Trinajstić information content (AvgIpc) is 2.74. The molecule has 0 spiro atoms. The van der Waals surface area contributed by atoms with Crippen molar-refractivity contribution in [1.82, 2.24) is 14.6 Å². The van der Waals surface area contributed by atoms with Crippen LogP contribution in [-0.2, 0) is 5.41 Å². The van der Waals surface area contributed by atoms with Crippen LogP contribution in [0.3, 0.4) is 0 Å². The summed E-state index contributed by atoms with van der Waals surface area (Å²) in [6, 6.07) is 4.02. The summed E-state index contributed by atoms with van der Waals surface area (Å²) in [7, 11) is 0. The van der Waals surface area contributed by atoms with Gasteiger partial charge in [-0.15, -0.1) is 0 Å². The van der Waals surface area contributed by atoms with Crippen molar-refractivity contribution in [2.75, 3.05) is 0 Å². The highest BCUT2D eigenvalue weighted by molar-refractivity contribution is 5.38. The summed E-state index contributed by atoms with van der Waals surface area (Å²) in [4.78, 5) is 4.57. The van der Waals surface area contributed by atoms with Gasteiger partial charge in [0.15, 0.2) is 5.65 Å². The molecule has 0 saturated heterocycles. The first-order valence-electron chi connectivity index (χ1n) is 4.59. The third kappa shape index (κ3) is 0.963. The molecule has 2 heterocycles. The van der Waals surface area contributed by atoms with E-state index in [-0.39, 0.29) is 0 Å². The van der Waals surface area contributed by atoms with Crippen LogP contribution >= 0.6 is 0 Å². The zero-order valence-electron chi connectivity index (χ0n) is 7.57. The van der Waals surface area contributed by atoms with Crippen molar-refractivity contribution in [1.29, 1.82) is 0 Å². The smallest absolute Gasteiger partial charge is 0.155 e. The van der Waals surface area contributed by atoms with Crippen LogP contribution < -0.4 is 0 Å². The second kappa shape index (κ2) is 2.10. The van der Waals surface area contributed by atoms with E-state index in [2.05, 4.69) is 23.1 Å². The van der Waals surface area contributed by atoms with Gasteiger partial charge < -0.3 is 0 Å². The van der Waals surface area contributed by atoms with E-state index in [1.54, 1.807) is 10.7 Å². The fourth-order valence-corrected chi connectivity index (χ4v) is 1.59. The topological polar surface area (TPSA) is 30.2 Å². The van der Waals surface area contributed by atoms with Gasteiger partial charge >= 0.3 is 0 Å². The minimum Gasteiger partial charge on any atom is -0.233 e. The summed E-state index contributed by atoms with van der Waals surface area (Å²) in [5.41, 5.74) is 2.51. The molecule has 0 radical (unpaired) electrons. The first-order valence-corrected chi connectivity index (χ1v) is 4.59. The van der Waals surface area contributed by atoms with Gasteiger partial charge in [-0.1, -0.05) is 6.92 Å². The highest BCUT2D eigenvalue weighted by Gasteiger charge is 2.40.